The minimum absolute atomic E-state index is 0.0461. The molecule has 3 N–H and O–H groups in total. The summed E-state index contributed by atoms with van der Waals surface area (Å²) < 4.78 is 0. The summed E-state index contributed by atoms with van der Waals surface area (Å²) in [4.78, 5) is 21.5. The molecule has 0 fully saturated rings. The van der Waals surface area contributed by atoms with Crippen molar-refractivity contribution in [2.75, 3.05) is 6.54 Å². The van der Waals surface area contributed by atoms with E-state index < -0.39 is 5.97 Å². The fraction of sp³-hybridized carbons (Fsp3) is 0.400. The summed E-state index contributed by atoms with van der Waals surface area (Å²) in [5.41, 5.74) is 0.660. The largest absolute Gasteiger partial charge is 0.481 e. The van der Waals surface area contributed by atoms with Gasteiger partial charge in [-0.25, -0.2) is 4.79 Å². The van der Waals surface area contributed by atoms with Gasteiger partial charge in [-0.05, 0) is 18.6 Å². The van der Waals surface area contributed by atoms with Crippen LogP contribution in [0, 0.1) is 0 Å². The first-order valence-electron chi connectivity index (χ1n) is 5.18. The van der Waals surface area contributed by atoms with Crippen molar-refractivity contribution in [2.45, 2.75) is 19.4 Å². The molecule has 0 aliphatic carbocycles. The fourth-order valence-corrected chi connectivity index (χ4v) is 1.10. The molecule has 0 saturated heterocycles. The molecule has 0 unspecified atom stereocenters. The van der Waals surface area contributed by atoms with E-state index in [1.54, 1.807) is 18.3 Å². The highest BCUT2D eigenvalue weighted by molar-refractivity contribution is 5.73. The first-order valence-corrected chi connectivity index (χ1v) is 5.18. The van der Waals surface area contributed by atoms with Gasteiger partial charge in [0.25, 0.3) is 0 Å². The monoisotopic (exact) mass is 238 g/mol. The smallest absolute Gasteiger partial charge is 0.315 e. The molecule has 0 aromatic carbocycles. The molecule has 0 bridgehead atoms. The average molecular weight is 238 g/mol. The number of amides is 2. The molecule has 0 saturated carbocycles. The van der Waals surface area contributed by atoms with Crippen LogP contribution in [0.5, 0.6) is 0 Å². The molecule has 0 aliphatic heterocycles. The number of carbonyl (C=O) groups excluding carboxylic acids is 1. The van der Waals surface area contributed by atoms with Crippen LogP contribution in [0.3, 0.4) is 0 Å². The summed E-state index contributed by atoms with van der Waals surface area (Å²) in [6.45, 7) is 0.622. The van der Waals surface area contributed by atoms with Crippen LogP contribution < -0.4 is 10.6 Å². The summed E-state index contributed by atoms with van der Waals surface area (Å²) in [5.74, 6) is -0.869. The van der Waals surface area contributed by atoms with Crippen molar-refractivity contribution in [3.8, 4) is 0 Å². The predicted octanol–water partition coefficient (Wildman–Crippen LogP) is 0.141. The molecule has 7 nitrogen and oxygen atoms in total. The minimum atomic E-state index is -0.869. The molecule has 1 aromatic heterocycles. The second-order valence-corrected chi connectivity index (χ2v) is 3.32. The lowest BCUT2D eigenvalue weighted by Crippen LogP contribution is -2.35. The van der Waals surface area contributed by atoms with Gasteiger partial charge in [0.05, 0.1) is 12.2 Å². The van der Waals surface area contributed by atoms with E-state index >= 15 is 0 Å². The number of hydrogen-bond acceptors (Lipinski definition) is 4. The first-order chi connectivity index (χ1) is 8.18. The normalized spacial score (nSPS) is 9.65. The third kappa shape index (κ3) is 6.08. The fourth-order valence-electron chi connectivity index (χ4n) is 1.10. The summed E-state index contributed by atoms with van der Waals surface area (Å²) in [6.07, 6.45) is 2.01. The van der Waals surface area contributed by atoms with Gasteiger partial charge in [0.2, 0.25) is 0 Å². The Morgan fingerprint density at radius 3 is 2.82 bits per heavy atom. The standard InChI is InChI=1S/C10H14N4O3/c15-9(16)4-2-5-11-10(17)12-7-8-3-1-6-13-14-8/h1,3,6H,2,4-5,7H2,(H,15,16)(H2,11,12,17). The minimum Gasteiger partial charge on any atom is -0.481 e. The number of urea groups is 1. The molecule has 17 heavy (non-hydrogen) atoms. The molecule has 1 heterocycles. The van der Waals surface area contributed by atoms with Crippen molar-refractivity contribution in [1.82, 2.24) is 20.8 Å². The van der Waals surface area contributed by atoms with Crippen LogP contribution in [-0.2, 0) is 11.3 Å². The Labute approximate surface area is 98.2 Å². The SMILES string of the molecule is O=C(O)CCCNC(=O)NCc1cccnn1. The molecule has 0 atom stereocenters. The summed E-state index contributed by atoms with van der Waals surface area (Å²) in [6, 6.07) is 3.13. The molecule has 2 amide bonds. The first kappa shape index (κ1) is 12.9. The van der Waals surface area contributed by atoms with E-state index in [2.05, 4.69) is 20.8 Å². The Kier molecular flexibility index (Phi) is 5.42. The third-order valence-electron chi connectivity index (χ3n) is 1.91. The molecule has 0 radical (unpaired) electrons. The highest BCUT2D eigenvalue weighted by Gasteiger charge is 2.01. The highest BCUT2D eigenvalue weighted by Crippen LogP contribution is 1.89. The molecule has 92 valence electrons. The Bertz CT molecular complexity index is 369. The number of nitrogens with zero attached hydrogens (tertiary/aromatic N) is 2. The van der Waals surface area contributed by atoms with E-state index in [1.165, 1.54) is 0 Å². The summed E-state index contributed by atoms with van der Waals surface area (Å²) in [7, 11) is 0. The van der Waals surface area contributed by atoms with Crippen molar-refractivity contribution >= 4 is 12.0 Å². The van der Waals surface area contributed by atoms with Gasteiger partial charge in [-0.1, -0.05) is 0 Å². The second kappa shape index (κ2) is 7.15. The van der Waals surface area contributed by atoms with E-state index in [9.17, 15) is 9.59 Å². The van der Waals surface area contributed by atoms with E-state index in [4.69, 9.17) is 5.11 Å². The van der Waals surface area contributed by atoms with Gasteiger partial charge in [0, 0.05) is 19.2 Å². The van der Waals surface area contributed by atoms with Crippen molar-refractivity contribution in [1.29, 1.82) is 0 Å². The Morgan fingerprint density at radius 2 is 2.18 bits per heavy atom. The van der Waals surface area contributed by atoms with Crippen LogP contribution in [0.2, 0.25) is 0 Å². The predicted molar refractivity (Wildman–Crippen MR) is 59.1 cm³/mol. The van der Waals surface area contributed by atoms with Crippen molar-refractivity contribution in [3.63, 3.8) is 0 Å². The van der Waals surface area contributed by atoms with E-state index in [-0.39, 0.29) is 12.5 Å². The number of rotatable bonds is 6. The van der Waals surface area contributed by atoms with Gasteiger partial charge in [0.15, 0.2) is 0 Å². The van der Waals surface area contributed by atoms with Crippen LogP contribution in [0.4, 0.5) is 4.79 Å². The second-order valence-electron chi connectivity index (χ2n) is 3.32. The number of aromatic nitrogens is 2. The van der Waals surface area contributed by atoms with Crippen molar-refractivity contribution in [3.05, 3.63) is 24.0 Å². The van der Waals surface area contributed by atoms with Crippen LogP contribution in [0.1, 0.15) is 18.5 Å². The van der Waals surface area contributed by atoms with Crippen molar-refractivity contribution in [2.24, 2.45) is 0 Å². The van der Waals surface area contributed by atoms with Crippen LogP contribution in [-0.4, -0.2) is 33.8 Å². The van der Waals surface area contributed by atoms with Crippen LogP contribution in [0.15, 0.2) is 18.3 Å². The van der Waals surface area contributed by atoms with Crippen molar-refractivity contribution < 1.29 is 14.7 Å². The number of carboxylic acid groups (broad SMARTS) is 1. The number of hydrogen-bond donors (Lipinski definition) is 3. The molecule has 1 rings (SSSR count). The van der Waals surface area contributed by atoms with Gasteiger partial charge in [-0.3, -0.25) is 4.79 Å². The lowest BCUT2D eigenvalue weighted by atomic mass is 10.3. The van der Waals surface area contributed by atoms with E-state index in [0.717, 1.165) is 0 Å². The van der Waals surface area contributed by atoms with Gasteiger partial charge in [-0.15, -0.1) is 0 Å². The molecule has 1 aromatic rings. The lowest BCUT2D eigenvalue weighted by molar-refractivity contribution is -0.137. The lowest BCUT2D eigenvalue weighted by Gasteiger charge is -2.05. The van der Waals surface area contributed by atoms with E-state index in [0.29, 0.717) is 25.2 Å². The maximum absolute atomic E-state index is 11.2. The third-order valence-corrected chi connectivity index (χ3v) is 1.91. The average Bonchev–Trinajstić information content (AvgIpc) is 2.33. The molecule has 0 aliphatic rings. The zero-order valence-corrected chi connectivity index (χ0v) is 9.22. The number of carboxylic acids is 1. The Balaban J connectivity index is 2.11. The maximum atomic E-state index is 11.2. The van der Waals surface area contributed by atoms with Crippen LogP contribution in [0.25, 0.3) is 0 Å². The molecule has 0 spiro atoms. The summed E-state index contributed by atoms with van der Waals surface area (Å²) >= 11 is 0. The Hall–Kier alpha value is -2.18. The highest BCUT2D eigenvalue weighted by atomic mass is 16.4. The number of aliphatic carboxylic acids is 1. The maximum Gasteiger partial charge on any atom is 0.315 e. The molecular weight excluding hydrogens is 224 g/mol. The quantitative estimate of drug-likeness (QED) is 0.611. The van der Waals surface area contributed by atoms with Gasteiger partial charge in [-0.2, -0.15) is 10.2 Å². The topological polar surface area (TPSA) is 104 Å². The zero-order chi connectivity index (χ0) is 12.5. The van der Waals surface area contributed by atoms with E-state index in [1.807, 2.05) is 0 Å². The molecular formula is C10H14N4O3. The summed E-state index contributed by atoms with van der Waals surface area (Å²) in [5, 5.41) is 21.0. The molecule has 7 heteroatoms. The van der Waals surface area contributed by atoms with Gasteiger partial charge < -0.3 is 15.7 Å². The van der Waals surface area contributed by atoms with Gasteiger partial charge >= 0.3 is 12.0 Å². The number of nitrogens with one attached hydrogen (secondary N) is 2. The van der Waals surface area contributed by atoms with Gasteiger partial charge in [0.1, 0.15) is 0 Å². The number of carbonyl (C=O) groups is 2. The van der Waals surface area contributed by atoms with Crippen LogP contribution >= 0.6 is 0 Å². The Morgan fingerprint density at radius 1 is 1.35 bits per heavy atom. The zero-order valence-electron chi connectivity index (χ0n) is 9.22.